The number of fused-ring (bicyclic) bond motifs is 1. The minimum atomic E-state index is 0.757. The number of nitrogen functional groups attached to an aromatic ring is 1. The van der Waals surface area contributed by atoms with Gasteiger partial charge in [-0.05, 0) is 20.2 Å². The van der Waals surface area contributed by atoms with Gasteiger partial charge >= 0.3 is 0 Å². The Morgan fingerprint density at radius 2 is 2.27 bits per heavy atom. The van der Waals surface area contributed by atoms with Crippen molar-refractivity contribution in [3.63, 3.8) is 0 Å². The fourth-order valence-electron chi connectivity index (χ4n) is 1.51. The quantitative estimate of drug-likeness (QED) is 0.812. The number of hydrogen-bond donors (Lipinski definition) is 1. The Balaban J connectivity index is 2.23. The van der Waals surface area contributed by atoms with Crippen LogP contribution in [0.4, 0.5) is 5.69 Å². The Bertz CT molecular complexity index is 459. The fraction of sp³-hybridized carbons (Fsp3) is 0.364. The standard InChI is InChI=1S/C11H16N4/c1-14(2)5-4-10-8-15-6-3-9(12)7-11(15)13-10/h3,6-8H,4-5,12H2,1-2H3. The second kappa shape index (κ2) is 3.90. The SMILES string of the molecule is CN(C)CCc1cn2ccc(N)cc2n1. The lowest BCUT2D eigenvalue weighted by Crippen LogP contribution is -2.15. The van der Waals surface area contributed by atoms with E-state index in [1.165, 1.54) is 0 Å². The Morgan fingerprint density at radius 1 is 1.47 bits per heavy atom. The summed E-state index contributed by atoms with van der Waals surface area (Å²) in [5.41, 5.74) is 8.48. The van der Waals surface area contributed by atoms with E-state index in [1.54, 1.807) is 0 Å². The maximum Gasteiger partial charge on any atom is 0.139 e. The van der Waals surface area contributed by atoms with Gasteiger partial charge in [0.25, 0.3) is 0 Å². The molecule has 2 aromatic heterocycles. The molecular weight excluding hydrogens is 188 g/mol. The molecule has 4 nitrogen and oxygen atoms in total. The van der Waals surface area contributed by atoms with E-state index < -0.39 is 0 Å². The monoisotopic (exact) mass is 204 g/mol. The summed E-state index contributed by atoms with van der Waals surface area (Å²) in [4.78, 5) is 6.65. The highest BCUT2D eigenvalue weighted by Gasteiger charge is 2.02. The second-order valence-corrected chi connectivity index (χ2v) is 4.01. The highest BCUT2D eigenvalue weighted by Crippen LogP contribution is 2.09. The Kier molecular flexibility index (Phi) is 2.60. The van der Waals surface area contributed by atoms with Crippen LogP contribution < -0.4 is 5.73 Å². The molecule has 2 N–H and O–H groups in total. The summed E-state index contributed by atoms with van der Waals surface area (Å²) in [5.74, 6) is 0. The van der Waals surface area contributed by atoms with Gasteiger partial charge in [0.2, 0.25) is 0 Å². The average molecular weight is 204 g/mol. The summed E-state index contributed by atoms with van der Waals surface area (Å²) in [6.07, 6.45) is 4.96. The molecule has 2 rings (SSSR count). The summed E-state index contributed by atoms with van der Waals surface area (Å²) in [6.45, 7) is 1.01. The van der Waals surface area contributed by atoms with Crippen molar-refractivity contribution in [1.82, 2.24) is 14.3 Å². The Hall–Kier alpha value is -1.55. The molecule has 0 radical (unpaired) electrons. The first-order valence-electron chi connectivity index (χ1n) is 5.03. The van der Waals surface area contributed by atoms with Crippen molar-refractivity contribution < 1.29 is 0 Å². The van der Waals surface area contributed by atoms with Gasteiger partial charge in [0.15, 0.2) is 0 Å². The molecule has 0 aromatic carbocycles. The maximum atomic E-state index is 5.69. The Morgan fingerprint density at radius 3 is 3.00 bits per heavy atom. The van der Waals surface area contributed by atoms with E-state index in [-0.39, 0.29) is 0 Å². The largest absolute Gasteiger partial charge is 0.399 e. The van der Waals surface area contributed by atoms with Crippen LogP contribution in [0.5, 0.6) is 0 Å². The van der Waals surface area contributed by atoms with Crippen LogP contribution in [-0.2, 0) is 6.42 Å². The van der Waals surface area contributed by atoms with Crippen LogP contribution in [0, 0.1) is 0 Å². The number of nitrogens with zero attached hydrogens (tertiary/aromatic N) is 3. The van der Waals surface area contributed by atoms with E-state index >= 15 is 0 Å². The predicted molar refractivity (Wildman–Crippen MR) is 61.9 cm³/mol. The molecule has 2 heterocycles. The first-order valence-corrected chi connectivity index (χ1v) is 5.03. The van der Waals surface area contributed by atoms with Crippen molar-refractivity contribution >= 4 is 11.3 Å². The smallest absolute Gasteiger partial charge is 0.139 e. The van der Waals surface area contributed by atoms with Crippen molar-refractivity contribution in [2.75, 3.05) is 26.4 Å². The molecule has 15 heavy (non-hydrogen) atoms. The topological polar surface area (TPSA) is 46.6 Å². The van der Waals surface area contributed by atoms with E-state index in [1.807, 2.05) is 22.7 Å². The van der Waals surface area contributed by atoms with E-state index in [4.69, 9.17) is 5.73 Å². The Labute approximate surface area is 89.3 Å². The van der Waals surface area contributed by atoms with Crippen LogP contribution >= 0.6 is 0 Å². The number of rotatable bonds is 3. The van der Waals surface area contributed by atoms with Crippen molar-refractivity contribution in [2.24, 2.45) is 0 Å². The molecule has 0 aliphatic heterocycles. The van der Waals surface area contributed by atoms with Crippen LogP contribution in [0.2, 0.25) is 0 Å². The van der Waals surface area contributed by atoms with Gasteiger partial charge < -0.3 is 15.0 Å². The average Bonchev–Trinajstić information content (AvgIpc) is 2.56. The van der Waals surface area contributed by atoms with Gasteiger partial charge in [-0.25, -0.2) is 4.98 Å². The fourth-order valence-corrected chi connectivity index (χ4v) is 1.51. The molecule has 0 aliphatic rings. The summed E-state index contributed by atoms with van der Waals surface area (Å²) in [6, 6.07) is 3.77. The van der Waals surface area contributed by atoms with Crippen molar-refractivity contribution in [3.8, 4) is 0 Å². The van der Waals surface area contributed by atoms with Gasteiger partial charge in [0, 0.05) is 37.1 Å². The molecule has 0 saturated heterocycles. The zero-order chi connectivity index (χ0) is 10.8. The minimum Gasteiger partial charge on any atom is -0.399 e. The van der Waals surface area contributed by atoms with Gasteiger partial charge in [-0.1, -0.05) is 0 Å². The van der Waals surface area contributed by atoms with Crippen LogP contribution in [0.3, 0.4) is 0 Å². The van der Waals surface area contributed by atoms with Crippen LogP contribution in [0.25, 0.3) is 5.65 Å². The zero-order valence-corrected chi connectivity index (χ0v) is 9.14. The van der Waals surface area contributed by atoms with Gasteiger partial charge in [-0.3, -0.25) is 0 Å². The molecule has 0 unspecified atom stereocenters. The first-order chi connectivity index (χ1) is 7.15. The molecule has 80 valence electrons. The molecule has 4 heteroatoms. The molecule has 0 amide bonds. The summed E-state index contributed by atoms with van der Waals surface area (Å²) in [7, 11) is 4.13. The third kappa shape index (κ3) is 2.27. The van der Waals surface area contributed by atoms with Gasteiger partial charge in [0.05, 0.1) is 5.69 Å². The molecular formula is C11H16N4. The number of imidazole rings is 1. The lowest BCUT2D eigenvalue weighted by molar-refractivity contribution is 0.412. The number of aromatic nitrogens is 2. The first kappa shape index (κ1) is 9.98. The number of hydrogen-bond acceptors (Lipinski definition) is 3. The van der Waals surface area contributed by atoms with E-state index in [9.17, 15) is 0 Å². The summed E-state index contributed by atoms with van der Waals surface area (Å²) in [5, 5.41) is 0. The lowest BCUT2D eigenvalue weighted by atomic mass is 10.3. The number of pyridine rings is 1. The van der Waals surface area contributed by atoms with Gasteiger partial charge in [0.1, 0.15) is 5.65 Å². The van der Waals surface area contributed by atoms with Crippen molar-refractivity contribution in [3.05, 3.63) is 30.2 Å². The lowest BCUT2D eigenvalue weighted by Gasteiger charge is -2.06. The molecule has 0 aliphatic carbocycles. The predicted octanol–water partition coefficient (Wildman–Crippen LogP) is 1.02. The molecule has 2 aromatic rings. The van der Waals surface area contributed by atoms with Gasteiger partial charge in [-0.15, -0.1) is 0 Å². The van der Waals surface area contributed by atoms with Gasteiger partial charge in [-0.2, -0.15) is 0 Å². The van der Waals surface area contributed by atoms with Crippen LogP contribution in [0.1, 0.15) is 5.69 Å². The van der Waals surface area contributed by atoms with Crippen molar-refractivity contribution in [2.45, 2.75) is 6.42 Å². The minimum absolute atomic E-state index is 0.757. The van der Waals surface area contributed by atoms with Crippen LogP contribution in [0.15, 0.2) is 24.5 Å². The molecule has 0 bridgehead atoms. The zero-order valence-electron chi connectivity index (χ0n) is 9.14. The highest BCUT2D eigenvalue weighted by molar-refractivity contribution is 5.52. The van der Waals surface area contributed by atoms with E-state index in [2.05, 4.69) is 30.2 Å². The summed E-state index contributed by atoms with van der Waals surface area (Å²) < 4.78 is 2.00. The maximum absolute atomic E-state index is 5.69. The normalized spacial score (nSPS) is 11.4. The van der Waals surface area contributed by atoms with Crippen LogP contribution in [-0.4, -0.2) is 34.9 Å². The second-order valence-electron chi connectivity index (χ2n) is 4.01. The molecule has 0 spiro atoms. The number of likely N-dealkylation sites (N-methyl/N-ethyl adjacent to an activating group) is 1. The molecule has 0 atom stereocenters. The summed E-state index contributed by atoms with van der Waals surface area (Å²) >= 11 is 0. The third-order valence-electron chi connectivity index (χ3n) is 2.35. The van der Waals surface area contributed by atoms with E-state index in [0.717, 1.165) is 30.0 Å². The number of anilines is 1. The van der Waals surface area contributed by atoms with Crippen molar-refractivity contribution in [1.29, 1.82) is 0 Å². The third-order valence-corrected chi connectivity index (χ3v) is 2.35. The molecule has 0 saturated carbocycles. The van der Waals surface area contributed by atoms with E-state index in [0.29, 0.717) is 0 Å². The highest BCUT2D eigenvalue weighted by atomic mass is 15.1. The number of nitrogens with two attached hydrogens (primary N) is 1. The molecule has 0 fully saturated rings.